The topological polar surface area (TPSA) is 158 Å². The van der Waals surface area contributed by atoms with Crippen LogP contribution in [0.2, 0.25) is 0 Å². The average Bonchev–Trinajstić information content (AvgIpc) is 2.67. The standard InChI is InChI=1S/C17H33N3O8/c1-2-25-9-10-26-8-6-20-16(22)13-28-12-11-27-7-5-19-15(21)4-3-14(18)17(23)24/h14H,2-13,18H2,1H3,(H,19,21)(H,20,22)(H,23,24)/t14-/m0/s1. The maximum atomic E-state index is 11.5. The second-order valence-corrected chi connectivity index (χ2v) is 5.66. The van der Waals surface area contributed by atoms with E-state index in [0.29, 0.717) is 39.5 Å². The Morgan fingerprint density at radius 1 is 0.857 bits per heavy atom. The van der Waals surface area contributed by atoms with Crippen LogP contribution in [0.25, 0.3) is 0 Å². The zero-order valence-corrected chi connectivity index (χ0v) is 16.4. The van der Waals surface area contributed by atoms with Gasteiger partial charge in [-0.2, -0.15) is 0 Å². The van der Waals surface area contributed by atoms with Crippen LogP contribution in [0.3, 0.4) is 0 Å². The largest absolute Gasteiger partial charge is 0.480 e. The summed E-state index contributed by atoms with van der Waals surface area (Å²) in [6.07, 6.45) is 0.126. The molecule has 0 aromatic rings. The summed E-state index contributed by atoms with van der Waals surface area (Å²) in [5.74, 6) is -1.65. The van der Waals surface area contributed by atoms with Gasteiger partial charge in [-0.3, -0.25) is 14.4 Å². The van der Waals surface area contributed by atoms with E-state index < -0.39 is 12.0 Å². The number of carboxylic acid groups (broad SMARTS) is 1. The summed E-state index contributed by atoms with van der Waals surface area (Å²) in [4.78, 5) is 33.5. The zero-order chi connectivity index (χ0) is 21.0. The molecular formula is C17H33N3O8. The fraction of sp³-hybridized carbons (Fsp3) is 0.824. The number of nitrogens with two attached hydrogens (primary N) is 1. The number of hydrogen-bond acceptors (Lipinski definition) is 8. The molecule has 164 valence electrons. The van der Waals surface area contributed by atoms with Crippen molar-refractivity contribution in [3.8, 4) is 0 Å². The molecule has 0 aliphatic heterocycles. The maximum absolute atomic E-state index is 11.5. The monoisotopic (exact) mass is 407 g/mol. The highest BCUT2D eigenvalue weighted by Gasteiger charge is 2.13. The van der Waals surface area contributed by atoms with Crippen LogP contribution >= 0.6 is 0 Å². The fourth-order valence-corrected chi connectivity index (χ4v) is 1.82. The molecule has 0 saturated carbocycles. The molecule has 11 nitrogen and oxygen atoms in total. The lowest BCUT2D eigenvalue weighted by Crippen LogP contribution is -2.33. The van der Waals surface area contributed by atoms with Crippen molar-refractivity contribution in [3.05, 3.63) is 0 Å². The molecule has 0 unspecified atom stereocenters. The van der Waals surface area contributed by atoms with Crippen LogP contribution < -0.4 is 16.4 Å². The van der Waals surface area contributed by atoms with Crippen molar-refractivity contribution in [2.75, 3.05) is 65.9 Å². The number of aliphatic carboxylic acids is 1. The molecule has 0 aromatic heterocycles. The Morgan fingerprint density at radius 2 is 1.39 bits per heavy atom. The van der Waals surface area contributed by atoms with Gasteiger partial charge in [0.05, 0.1) is 39.6 Å². The number of amides is 2. The van der Waals surface area contributed by atoms with Gasteiger partial charge in [0.25, 0.3) is 0 Å². The second-order valence-electron chi connectivity index (χ2n) is 5.66. The summed E-state index contributed by atoms with van der Waals surface area (Å²) in [5.41, 5.74) is 5.31. The van der Waals surface area contributed by atoms with Crippen molar-refractivity contribution < 1.29 is 38.4 Å². The van der Waals surface area contributed by atoms with Gasteiger partial charge in [-0.1, -0.05) is 0 Å². The van der Waals surface area contributed by atoms with E-state index in [4.69, 9.17) is 29.8 Å². The fourth-order valence-electron chi connectivity index (χ4n) is 1.82. The Kier molecular flexibility index (Phi) is 17.4. The summed E-state index contributed by atoms with van der Waals surface area (Å²) in [7, 11) is 0. The SMILES string of the molecule is CCOCCOCCNC(=O)COCCOCCNC(=O)CC[C@H](N)C(=O)O. The van der Waals surface area contributed by atoms with Gasteiger partial charge in [0.1, 0.15) is 12.6 Å². The summed E-state index contributed by atoms with van der Waals surface area (Å²) < 4.78 is 20.8. The Labute approximate surface area is 165 Å². The molecule has 0 heterocycles. The molecule has 5 N–H and O–H groups in total. The van der Waals surface area contributed by atoms with E-state index in [-0.39, 0.29) is 51.1 Å². The molecule has 0 saturated heterocycles. The minimum Gasteiger partial charge on any atom is -0.480 e. The van der Waals surface area contributed by atoms with Crippen molar-refractivity contribution in [3.63, 3.8) is 0 Å². The Balaban J connectivity index is 3.35. The number of rotatable bonds is 19. The zero-order valence-electron chi connectivity index (χ0n) is 16.4. The first-order valence-electron chi connectivity index (χ1n) is 9.30. The molecule has 0 aliphatic rings. The highest BCUT2D eigenvalue weighted by molar-refractivity contribution is 5.78. The first-order valence-corrected chi connectivity index (χ1v) is 9.30. The van der Waals surface area contributed by atoms with Crippen molar-refractivity contribution in [1.82, 2.24) is 10.6 Å². The third kappa shape index (κ3) is 17.6. The number of carboxylic acids is 1. The lowest BCUT2D eigenvalue weighted by Gasteiger charge is -2.09. The lowest BCUT2D eigenvalue weighted by molar-refractivity contribution is -0.138. The van der Waals surface area contributed by atoms with E-state index in [1.165, 1.54) is 0 Å². The van der Waals surface area contributed by atoms with Gasteiger partial charge in [0.15, 0.2) is 0 Å². The van der Waals surface area contributed by atoms with Gasteiger partial charge in [-0.25, -0.2) is 0 Å². The van der Waals surface area contributed by atoms with Crippen LogP contribution in [0.15, 0.2) is 0 Å². The van der Waals surface area contributed by atoms with E-state index >= 15 is 0 Å². The smallest absolute Gasteiger partial charge is 0.320 e. The molecule has 0 rings (SSSR count). The molecule has 0 fully saturated rings. The minimum absolute atomic E-state index is 0.0449. The normalized spacial score (nSPS) is 11.8. The molecule has 11 heteroatoms. The summed E-state index contributed by atoms with van der Waals surface area (Å²) >= 11 is 0. The van der Waals surface area contributed by atoms with Crippen LogP contribution in [0.4, 0.5) is 0 Å². The number of ether oxygens (including phenoxy) is 4. The van der Waals surface area contributed by atoms with Crippen molar-refractivity contribution in [2.45, 2.75) is 25.8 Å². The molecule has 0 aromatic carbocycles. The quantitative estimate of drug-likeness (QED) is 0.187. The van der Waals surface area contributed by atoms with Crippen molar-refractivity contribution in [2.24, 2.45) is 5.73 Å². The van der Waals surface area contributed by atoms with Crippen molar-refractivity contribution in [1.29, 1.82) is 0 Å². The maximum Gasteiger partial charge on any atom is 0.320 e. The first kappa shape index (κ1) is 26.2. The average molecular weight is 407 g/mol. The van der Waals surface area contributed by atoms with Gasteiger partial charge in [0.2, 0.25) is 11.8 Å². The van der Waals surface area contributed by atoms with Crippen LogP contribution in [-0.2, 0) is 33.3 Å². The van der Waals surface area contributed by atoms with Crippen LogP contribution in [0.1, 0.15) is 19.8 Å². The minimum atomic E-state index is -1.13. The molecule has 0 spiro atoms. The Hall–Kier alpha value is -1.79. The van der Waals surface area contributed by atoms with Gasteiger partial charge in [0, 0.05) is 26.1 Å². The van der Waals surface area contributed by atoms with E-state index in [1.54, 1.807) is 0 Å². The highest BCUT2D eigenvalue weighted by Crippen LogP contribution is 1.94. The molecular weight excluding hydrogens is 374 g/mol. The highest BCUT2D eigenvalue weighted by atomic mass is 16.5. The second kappa shape index (κ2) is 18.6. The molecule has 0 bridgehead atoms. The van der Waals surface area contributed by atoms with E-state index in [1.807, 2.05) is 6.92 Å². The van der Waals surface area contributed by atoms with Gasteiger partial charge in [-0.15, -0.1) is 0 Å². The summed E-state index contributed by atoms with van der Waals surface area (Å²) in [6.45, 7) is 5.46. The number of carbonyl (C=O) groups excluding carboxylic acids is 2. The third-order valence-electron chi connectivity index (χ3n) is 3.32. The van der Waals surface area contributed by atoms with Gasteiger partial charge >= 0.3 is 5.97 Å². The van der Waals surface area contributed by atoms with Crippen molar-refractivity contribution >= 4 is 17.8 Å². The molecule has 0 radical (unpaired) electrons. The predicted octanol–water partition coefficient (Wildman–Crippen LogP) is -1.50. The molecule has 0 aliphatic carbocycles. The van der Waals surface area contributed by atoms with Crippen LogP contribution in [0.5, 0.6) is 0 Å². The van der Waals surface area contributed by atoms with E-state index in [9.17, 15) is 14.4 Å². The predicted molar refractivity (Wildman–Crippen MR) is 99.8 cm³/mol. The number of nitrogens with one attached hydrogen (secondary N) is 2. The summed E-state index contributed by atoms with van der Waals surface area (Å²) in [5, 5.41) is 13.9. The lowest BCUT2D eigenvalue weighted by atomic mass is 10.1. The molecule has 2 amide bonds. The van der Waals surface area contributed by atoms with Gasteiger partial charge in [-0.05, 0) is 13.3 Å². The number of hydrogen-bond donors (Lipinski definition) is 4. The van der Waals surface area contributed by atoms with Crippen LogP contribution in [-0.4, -0.2) is 94.9 Å². The molecule has 1 atom stereocenters. The van der Waals surface area contributed by atoms with E-state index in [2.05, 4.69) is 10.6 Å². The third-order valence-corrected chi connectivity index (χ3v) is 3.32. The van der Waals surface area contributed by atoms with Gasteiger partial charge < -0.3 is 40.4 Å². The first-order chi connectivity index (χ1) is 13.5. The molecule has 28 heavy (non-hydrogen) atoms. The Bertz CT molecular complexity index is 437. The number of carbonyl (C=O) groups is 3. The van der Waals surface area contributed by atoms with E-state index in [0.717, 1.165) is 0 Å². The summed E-state index contributed by atoms with van der Waals surface area (Å²) in [6, 6.07) is -1.04. The van der Waals surface area contributed by atoms with Crippen LogP contribution in [0, 0.1) is 0 Å². The Morgan fingerprint density at radius 3 is 1.96 bits per heavy atom.